The first-order chi connectivity index (χ1) is 11.4. The summed E-state index contributed by atoms with van der Waals surface area (Å²) in [7, 11) is 1.71. The lowest BCUT2D eigenvalue weighted by atomic mass is 10.1. The molecule has 9 heteroatoms. The van der Waals surface area contributed by atoms with Crippen molar-refractivity contribution in [3.05, 3.63) is 35.4 Å². The highest BCUT2D eigenvalue weighted by Crippen LogP contribution is 2.15. The molecule has 0 fully saturated rings. The van der Waals surface area contributed by atoms with E-state index in [0.717, 1.165) is 30.2 Å². The Bertz CT molecular complexity index is 498. The monoisotopic (exact) mass is 491 g/mol. The molecule has 1 aromatic carbocycles. The first kappa shape index (κ1) is 24.3. The number of nitrogens with one attached hydrogen (secondary N) is 2. The third-order valence-electron chi connectivity index (χ3n) is 3.06. The number of aliphatic imine (C=N–C) groups is 1. The highest BCUT2D eigenvalue weighted by molar-refractivity contribution is 14.0. The molecule has 0 aliphatic carbocycles. The van der Waals surface area contributed by atoms with Crippen molar-refractivity contribution in [1.29, 1.82) is 0 Å². The molecule has 25 heavy (non-hydrogen) atoms. The maximum Gasteiger partial charge on any atom is 0.411 e. The number of hydrogen-bond acceptors (Lipinski definition) is 3. The predicted octanol–water partition coefficient (Wildman–Crippen LogP) is 3.80. The van der Waals surface area contributed by atoms with Crippen molar-refractivity contribution in [2.24, 2.45) is 4.99 Å². The summed E-state index contributed by atoms with van der Waals surface area (Å²) >= 11 is 1.81. The molecule has 0 radical (unpaired) electrons. The van der Waals surface area contributed by atoms with E-state index in [1.807, 2.05) is 12.1 Å². The van der Waals surface area contributed by atoms with Gasteiger partial charge in [-0.15, -0.1) is 24.0 Å². The molecule has 0 atom stereocenters. The van der Waals surface area contributed by atoms with Crippen molar-refractivity contribution < 1.29 is 17.9 Å². The number of guanidine groups is 1. The van der Waals surface area contributed by atoms with Crippen LogP contribution in [0.3, 0.4) is 0 Å². The van der Waals surface area contributed by atoms with Crippen LogP contribution < -0.4 is 10.6 Å². The van der Waals surface area contributed by atoms with Crippen LogP contribution in [0, 0.1) is 0 Å². The van der Waals surface area contributed by atoms with E-state index in [0.29, 0.717) is 12.1 Å². The van der Waals surface area contributed by atoms with Gasteiger partial charge in [0.1, 0.15) is 6.61 Å². The fraction of sp³-hybridized carbons (Fsp3) is 0.562. The summed E-state index contributed by atoms with van der Waals surface area (Å²) in [5, 5.41) is 6.42. The van der Waals surface area contributed by atoms with Crippen LogP contribution in [0.4, 0.5) is 13.2 Å². The van der Waals surface area contributed by atoms with E-state index in [1.165, 1.54) is 0 Å². The molecule has 0 spiro atoms. The molecule has 0 aliphatic heterocycles. The van der Waals surface area contributed by atoms with Gasteiger partial charge in [0.05, 0.1) is 6.61 Å². The van der Waals surface area contributed by atoms with Crippen LogP contribution in [-0.4, -0.2) is 44.3 Å². The minimum atomic E-state index is -4.29. The highest BCUT2D eigenvalue weighted by Gasteiger charge is 2.27. The first-order valence-electron chi connectivity index (χ1n) is 7.60. The van der Waals surface area contributed by atoms with E-state index in [4.69, 9.17) is 0 Å². The van der Waals surface area contributed by atoms with Gasteiger partial charge >= 0.3 is 6.18 Å². The fourth-order valence-electron chi connectivity index (χ4n) is 1.87. The van der Waals surface area contributed by atoms with Crippen molar-refractivity contribution in [2.75, 3.05) is 32.2 Å². The van der Waals surface area contributed by atoms with Gasteiger partial charge in [0, 0.05) is 20.1 Å². The summed E-state index contributed by atoms with van der Waals surface area (Å²) in [6.45, 7) is 0.169. The van der Waals surface area contributed by atoms with E-state index >= 15 is 0 Å². The standard InChI is InChI=1S/C16H24F3N3OS.HI/c1-20-15(21-8-3-9-24-2)22-10-13-4-6-14(7-5-13)11-23-12-16(17,18)19;/h4-7H,3,8-12H2,1-2H3,(H2,20,21,22);1H. The Labute approximate surface area is 168 Å². The fourth-order valence-corrected chi connectivity index (χ4v) is 2.30. The lowest BCUT2D eigenvalue weighted by Gasteiger charge is -2.12. The molecule has 0 unspecified atom stereocenters. The topological polar surface area (TPSA) is 45.7 Å². The summed E-state index contributed by atoms with van der Waals surface area (Å²) in [5.41, 5.74) is 1.73. The molecule has 144 valence electrons. The Kier molecular flexibility index (Phi) is 13.1. The van der Waals surface area contributed by atoms with Gasteiger partial charge in [0.2, 0.25) is 0 Å². The average Bonchev–Trinajstić information content (AvgIpc) is 2.54. The number of ether oxygens (including phenoxy) is 1. The second kappa shape index (κ2) is 13.5. The van der Waals surface area contributed by atoms with Crippen molar-refractivity contribution >= 4 is 41.7 Å². The van der Waals surface area contributed by atoms with E-state index in [2.05, 4.69) is 26.6 Å². The van der Waals surface area contributed by atoms with Crippen LogP contribution in [0.15, 0.2) is 29.3 Å². The number of halogens is 4. The summed E-state index contributed by atoms with van der Waals surface area (Å²) in [4.78, 5) is 4.14. The maximum atomic E-state index is 12.0. The molecule has 0 saturated heterocycles. The Morgan fingerprint density at radius 1 is 1.16 bits per heavy atom. The molecule has 4 nitrogen and oxygen atoms in total. The van der Waals surface area contributed by atoms with Crippen molar-refractivity contribution in [3.8, 4) is 0 Å². The van der Waals surface area contributed by atoms with E-state index < -0.39 is 12.8 Å². The molecule has 0 bridgehead atoms. The predicted molar refractivity (Wildman–Crippen MR) is 109 cm³/mol. The highest BCUT2D eigenvalue weighted by atomic mass is 127. The van der Waals surface area contributed by atoms with Crippen molar-refractivity contribution in [3.63, 3.8) is 0 Å². The third-order valence-corrected chi connectivity index (χ3v) is 3.76. The Balaban J connectivity index is 0.00000576. The second-order valence-corrected chi connectivity index (χ2v) is 6.11. The smallest absolute Gasteiger partial charge is 0.367 e. The molecular formula is C16H25F3IN3OS. The number of rotatable bonds is 9. The van der Waals surface area contributed by atoms with Crippen molar-refractivity contribution in [1.82, 2.24) is 10.6 Å². The van der Waals surface area contributed by atoms with Crippen LogP contribution in [-0.2, 0) is 17.9 Å². The maximum absolute atomic E-state index is 12.0. The van der Waals surface area contributed by atoms with Gasteiger partial charge in [0.25, 0.3) is 0 Å². The SMILES string of the molecule is CN=C(NCCCSC)NCc1ccc(COCC(F)(F)F)cc1.I. The molecule has 1 rings (SSSR count). The molecule has 0 saturated carbocycles. The van der Waals surface area contributed by atoms with Gasteiger partial charge in [-0.1, -0.05) is 24.3 Å². The molecule has 1 aromatic rings. The zero-order valence-corrected chi connectivity index (χ0v) is 17.5. The zero-order valence-electron chi connectivity index (χ0n) is 14.4. The lowest BCUT2D eigenvalue weighted by molar-refractivity contribution is -0.176. The van der Waals surface area contributed by atoms with E-state index in [1.54, 1.807) is 30.9 Å². The quantitative estimate of drug-likeness (QED) is 0.239. The summed E-state index contributed by atoms with van der Waals surface area (Å²) < 4.78 is 40.7. The molecule has 0 amide bonds. The van der Waals surface area contributed by atoms with Gasteiger partial charge in [-0.25, -0.2) is 0 Å². The van der Waals surface area contributed by atoms with Gasteiger partial charge in [-0.3, -0.25) is 4.99 Å². The van der Waals surface area contributed by atoms with Crippen LogP contribution in [0.1, 0.15) is 17.5 Å². The second-order valence-electron chi connectivity index (χ2n) is 5.12. The molecule has 2 N–H and O–H groups in total. The number of thioether (sulfide) groups is 1. The number of benzene rings is 1. The van der Waals surface area contributed by atoms with Crippen LogP contribution in [0.5, 0.6) is 0 Å². The number of hydrogen-bond donors (Lipinski definition) is 2. The zero-order chi connectivity index (χ0) is 17.8. The first-order valence-corrected chi connectivity index (χ1v) is 9.00. The minimum Gasteiger partial charge on any atom is -0.367 e. The third kappa shape index (κ3) is 12.3. The summed E-state index contributed by atoms with van der Waals surface area (Å²) in [5.74, 6) is 1.83. The van der Waals surface area contributed by atoms with Gasteiger partial charge in [-0.05, 0) is 29.6 Å². The van der Waals surface area contributed by atoms with Gasteiger partial charge in [-0.2, -0.15) is 24.9 Å². The van der Waals surface area contributed by atoms with Crippen molar-refractivity contribution in [2.45, 2.75) is 25.7 Å². The number of alkyl halides is 3. The number of nitrogens with zero attached hydrogens (tertiary/aromatic N) is 1. The minimum absolute atomic E-state index is 0. The van der Waals surface area contributed by atoms with Gasteiger partial charge < -0.3 is 15.4 Å². The molecular weight excluding hydrogens is 466 g/mol. The van der Waals surface area contributed by atoms with Crippen LogP contribution in [0.2, 0.25) is 0 Å². The Morgan fingerprint density at radius 3 is 2.36 bits per heavy atom. The molecule has 0 aromatic heterocycles. The average molecular weight is 491 g/mol. The van der Waals surface area contributed by atoms with E-state index in [9.17, 15) is 13.2 Å². The van der Waals surface area contributed by atoms with Gasteiger partial charge in [0.15, 0.2) is 5.96 Å². The molecule has 0 aliphatic rings. The largest absolute Gasteiger partial charge is 0.411 e. The summed E-state index contributed by atoms with van der Waals surface area (Å²) in [6, 6.07) is 7.25. The van der Waals surface area contributed by atoms with E-state index in [-0.39, 0.29) is 30.6 Å². The van der Waals surface area contributed by atoms with Crippen LogP contribution in [0.25, 0.3) is 0 Å². The lowest BCUT2D eigenvalue weighted by Crippen LogP contribution is -2.37. The van der Waals surface area contributed by atoms with Crippen LogP contribution >= 0.6 is 35.7 Å². The summed E-state index contributed by atoms with van der Waals surface area (Å²) in [6.07, 6.45) is -1.15. The molecule has 0 heterocycles. The Hall–Kier alpha value is -0.680. The Morgan fingerprint density at radius 2 is 1.80 bits per heavy atom. The normalized spacial score (nSPS) is 11.8.